The molecular weight excluding hydrogens is 452 g/mol. The Labute approximate surface area is 196 Å². The van der Waals surface area contributed by atoms with Gasteiger partial charge in [0, 0.05) is 28.2 Å². The van der Waals surface area contributed by atoms with Crippen LogP contribution in [0, 0.1) is 5.82 Å². The van der Waals surface area contributed by atoms with Crippen molar-refractivity contribution in [2.75, 3.05) is 13.3 Å². The lowest BCUT2D eigenvalue weighted by atomic mass is 9.93. The van der Waals surface area contributed by atoms with E-state index in [4.69, 9.17) is 27.9 Å². The van der Waals surface area contributed by atoms with E-state index >= 15 is 0 Å². The van der Waals surface area contributed by atoms with Gasteiger partial charge in [-0.25, -0.2) is 4.39 Å². The summed E-state index contributed by atoms with van der Waals surface area (Å²) in [5.41, 5.74) is 4.94. The molecule has 0 fully saturated rings. The normalized spacial score (nSPS) is 16.7. The number of rotatable bonds is 9. The van der Waals surface area contributed by atoms with Crippen LogP contribution in [-0.4, -0.2) is 40.8 Å². The maximum absolute atomic E-state index is 13.2. The van der Waals surface area contributed by atoms with Gasteiger partial charge in [0.05, 0.1) is 12.3 Å². The first-order chi connectivity index (χ1) is 15.5. The molecule has 1 heterocycles. The number of aromatic nitrogens is 2. The molecule has 0 unspecified atom stereocenters. The predicted molar refractivity (Wildman–Crippen MR) is 125 cm³/mol. The molecule has 1 aromatic heterocycles. The van der Waals surface area contributed by atoms with Crippen molar-refractivity contribution in [1.29, 1.82) is 0 Å². The van der Waals surface area contributed by atoms with Gasteiger partial charge in [0.2, 0.25) is 0 Å². The number of nitrogens with zero attached hydrogens (tertiary/aromatic N) is 1. The minimum Gasteiger partial charge on any atom is -0.371 e. The highest BCUT2D eigenvalue weighted by molar-refractivity contribution is 6.36. The van der Waals surface area contributed by atoms with Crippen molar-refractivity contribution < 1.29 is 14.2 Å². The van der Waals surface area contributed by atoms with E-state index in [2.05, 4.69) is 15.5 Å². The number of hydrogen-bond acceptors (Lipinski definition) is 4. The molecule has 3 aromatic rings. The van der Waals surface area contributed by atoms with Gasteiger partial charge in [-0.05, 0) is 78.7 Å². The van der Waals surface area contributed by atoms with Crippen molar-refractivity contribution in [3.63, 3.8) is 0 Å². The number of aliphatic hydroxyl groups is 1. The summed E-state index contributed by atoms with van der Waals surface area (Å²) < 4.78 is 18.8. The lowest BCUT2D eigenvalue weighted by Crippen LogP contribution is -2.36. The van der Waals surface area contributed by atoms with Gasteiger partial charge in [-0.2, -0.15) is 5.10 Å². The Balaban J connectivity index is 1.37. The standard InChI is InChI=1S/C24H26Cl2FN3O2/c25-22-10-16(15-1-3-18(27)4-2-15)11-23(26)21(22)12-20(32-14-31)7-8-28-19-5-6-24-17(9-19)13-29-30-24/h1-4,10-11,13,19-20,28,31H,5-9,12,14H2,(H,29,30)/t19-,20-/m0/s1. The number of H-pyrrole nitrogens is 1. The first-order valence-electron chi connectivity index (χ1n) is 10.7. The first-order valence-corrected chi connectivity index (χ1v) is 11.5. The highest BCUT2D eigenvalue weighted by Gasteiger charge is 2.21. The SMILES string of the molecule is OCO[C@@H](CCN[C@H]1CCc2[nH]ncc2C1)Cc1c(Cl)cc(-c2ccc(F)cc2)cc1Cl. The third kappa shape index (κ3) is 5.69. The maximum atomic E-state index is 13.2. The number of aryl methyl sites for hydroxylation is 1. The summed E-state index contributed by atoms with van der Waals surface area (Å²) >= 11 is 13.1. The number of aliphatic hydroxyl groups excluding tert-OH is 1. The number of nitrogens with one attached hydrogen (secondary N) is 2. The van der Waals surface area contributed by atoms with Crippen LogP contribution in [-0.2, 0) is 24.0 Å². The van der Waals surface area contributed by atoms with E-state index in [0.717, 1.165) is 42.5 Å². The fourth-order valence-corrected chi connectivity index (χ4v) is 4.86. The van der Waals surface area contributed by atoms with Gasteiger partial charge in [-0.3, -0.25) is 5.10 Å². The summed E-state index contributed by atoms with van der Waals surface area (Å²) in [5.74, 6) is -0.293. The summed E-state index contributed by atoms with van der Waals surface area (Å²) in [4.78, 5) is 0. The lowest BCUT2D eigenvalue weighted by molar-refractivity contribution is -0.0521. The van der Waals surface area contributed by atoms with Gasteiger partial charge in [0.1, 0.15) is 12.6 Å². The van der Waals surface area contributed by atoms with Crippen molar-refractivity contribution in [3.8, 4) is 11.1 Å². The van der Waals surface area contributed by atoms with Gasteiger partial charge in [-0.15, -0.1) is 0 Å². The molecule has 170 valence electrons. The second kappa shape index (κ2) is 10.8. The highest BCUT2D eigenvalue weighted by Crippen LogP contribution is 2.33. The van der Waals surface area contributed by atoms with E-state index in [9.17, 15) is 9.50 Å². The zero-order valence-electron chi connectivity index (χ0n) is 17.6. The van der Waals surface area contributed by atoms with E-state index in [0.29, 0.717) is 28.9 Å². The van der Waals surface area contributed by atoms with Gasteiger partial charge >= 0.3 is 0 Å². The zero-order chi connectivity index (χ0) is 22.5. The number of halogens is 3. The Kier molecular flexibility index (Phi) is 7.81. The van der Waals surface area contributed by atoms with Crippen LogP contribution in [0.4, 0.5) is 4.39 Å². The lowest BCUT2D eigenvalue weighted by Gasteiger charge is -2.24. The van der Waals surface area contributed by atoms with Crippen LogP contribution in [0.2, 0.25) is 10.0 Å². The molecule has 5 nitrogen and oxygen atoms in total. The van der Waals surface area contributed by atoms with E-state index in [1.165, 1.54) is 23.4 Å². The van der Waals surface area contributed by atoms with Crippen LogP contribution in [0.1, 0.15) is 29.7 Å². The molecule has 3 N–H and O–H groups in total. The minimum absolute atomic E-state index is 0.229. The maximum Gasteiger partial charge on any atom is 0.143 e. The molecule has 1 aliphatic carbocycles. The molecule has 0 radical (unpaired) electrons. The molecule has 0 aliphatic heterocycles. The molecule has 8 heteroatoms. The smallest absolute Gasteiger partial charge is 0.143 e. The van der Waals surface area contributed by atoms with Crippen molar-refractivity contribution in [2.45, 2.75) is 44.2 Å². The van der Waals surface area contributed by atoms with E-state index < -0.39 is 0 Å². The Morgan fingerprint density at radius 3 is 2.66 bits per heavy atom. The Bertz CT molecular complexity index is 1020. The van der Waals surface area contributed by atoms with Crippen molar-refractivity contribution in [1.82, 2.24) is 15.5 Å². The fraction of sp³-hybridized carbons (Fsp3) is 0.375. The number of fused-ring (bicyclic) bond motifs is 1. The summed E-state index contributed by atoms with van der Waals surface area (Å²) in [5, 5.41) is 21.2. The molecule has 0 saturated carbocycles. The third-order valence-electron chi connectivity index (χ3n) is 5.98. The monoisotopic (exact) mass is 477 g/mol. The average molecular weight is 478 g/mol. The Morgan fingerprint density at radius 1 is 1.19 bits per heavy atom. The molecule has 1 aliphatic rings. The molecule has 2 atom stereocenters. The van der Waals surface area contributed by atoms with Crippen molar-refractivity contribution in [3.05, 3.63) is 75.3 Å². The zero-order valence-corrected chi connectivity index (χ0v) is 19.1. The van der Waals surface area contributed by atoms with Crippen LogP contribution in [0.15, 0.2) is 42.6 Å². The Morgan fingerprint density at radius 2 is 1.94 bits per heavy atom. The van der Waals surface area contributed by atoms with E-state index in [-0.39, 0.29) is 18.7 Å². The summed E-state index contributed by atoms with van der Waals surface area (Å²) in [6.45, 7) is 0.390. The summed E-state index contributed by atoms with van der Waals surface area (Å²) in [7, 11) is 0. The quantitative estimate of drug-likeness (QED) is 0.381. The number of hydrogen-bond donors (Lipinski definition) is 3. The molecule has 32 heavy (non-hydrogen) atoms. The van der Waals surface area contributed by atoms with Crippen LogP contribution >= 0.6 is 23.2 Å². The van der Waals surface area contributed by atoms with Crippen LogP contribution in [0.3, 0.4) is 0 Å². The van der Waals surface area contributed by atoms with Crippen LogP contribution < -0.4 is 5.32 Å². The topological polar surface area (TPSA) is 70.2 Å². The summed E-state index contributed by atoms with van der Waals surface area (Å²) in [6.07, 6.45) is 5.88. The van der Waals surface area contributed by atoms with Crippen molar-refractivity contribution >= 4 is 23.2 Å². The minimum atomic E-state index is -0.366. The van der Waals surface area contributed by atoms with Crippen LogP contribution in [0.5, 0.6) is 0 Å². The molecule has 0 spiro atoms. The van der Waals surface area contributed by atoms with Gasteiger partial charge < -0.3 is 15.2 Å². The molecule has 0 amide bonds. The average Bonchev–Trinajstić information content (AvgIpc) is 3.24. The second-order valence-electron chi connectivity index (χ2n) is 8.10. The molecule has 0 bridgehead atoms. The van der Waals surface area contributed by atoms with E-state index in [1.54, 1.807) is 12.1 Å². The van der Waals surface area contributed by atoms with E-state index in [1.807, 2.05) is 18.3 Å². The van der Waals surface area contributed by atoms with Gasteiger partial charge in [0.15, 0.2) is 0 Å². The van der Waals surface area contributed by atoms with Crippen LogP contribution in [0.25, 0.3) is 11.1 Å². The van der Waals surface area contributed by atoms with Gasteiger partial charge in [-0.1, -0.05) is 35.3 Å². The summed E-state index contributed by atoms with van der Waals surface area (Å²) in [6, 6.07) is 10.3. The fourth-order valence-electron chi connectivity index (χ4n) is 4.22. The number of benzene rings is 2. The second-order valence-corrected chi connectivity index (χ2v) is 8.92. The van der Waals surface area contributed by atoms with Crippen molar-refractivity contribution in [2.24, 2.45) is 0 Å². The predicted octanol–water partition coefficient (Wildman–Crippen LogP) is 4.94. The molecule has 4 rings (SSSR count). The highest BCUT2D eigenvalue weighted by atomic mass is 35.5. The molecular formula is C24H26Cl2FN3O2. The number of ether oxygens (including phenoxy) is 1. The molecule has 2 aromatic carbocycles. The molecule has 0 saturated heterocycles. The Hall–Kier alpha value is -1.96. The first kappa shape index (κ1) is 23.2. The number of aromatic amines is 1. The van der Waals surface area contributed by atoms with Gasteiger partial charge in [0.25, 0.3) is 0 Å². The third-order valence-corrected chi connectivity index (χ3v) is 6.65. The largest absolute Gasteiger partial charge is 0.371 e.